The first-order valence-electron chi connectivity index (χ1n) is 3.35. The number of hydrogen-bond donors (Lipinski definition) is 0. The van der Waals surface area contributed by atoms with Gasteiger partial charge < -0.3 is 0 Å². The molecule has 0 saturated heterocycles. The van der Waals surface area contributed by atoms with Crippen molar-refractivity contribution in [2.24, 2.45) is 0 Å². The lowest BCUT2D eigenvalue weighted by molar-refractivity contribution is 1.42. The Kier molecular flexibility index (Phi) is 2.27. The Hall–Kier alpha value is -1.04. The molecule has 1 rings (SSSR count). The van der Waals surface area contributed by atoms with Crippen LogP contribution in [-0.4, -0.2) is 0 Å². The molecule has 10 heavy (non-hydrogen) atoms. The topological polar surface area (TPSA) is 0 Å². The molecule has 0 heteroatoms. The normalized spacial score (nSPS) is 9.30. The first kappa shape index (κ1) is 7.07. The fourth-order valence-electron chi connectivity index (χ4n) is 0.910. The zero-order chi connectivity index (χ0) is 7.40. The minimum atomic E-state index is 1.22. The molecule has 0 heterocycles. The second-order valence-electron chi connectivity index (χ2n) is 2.32. The van der Waals surface area contributed by atoms with Gasteiger partial charge in [-0.1, -0.05) is 35.9 Å². The Bertz CT molecular complexity index is 223. The van der Waals surface area contributed by atoms with Crippen molar-refractivity contribution < 1.29 is 0 Å². The Labute approximate surface area is 62.2 Å². The van der Waals surface area contributed by atoms with Crippen LogP contribution in [0.1, 0.15) is 11.1 Å². The molecular weight excluding hydrogens is 120 g/mol. The van der Waals surface area contributed by atoms with Crippen LogP contribution < -0.4 is 0 Å². The van der Waals surface area contributed by atoms with Gasteiger partial charge in [-0.15, -0.1) is 6.58 Å². The molecule has 0 fully saturated rings. The van der Waals surface area contributed by atoms with Gasteiger partial charge in [-0.2, -0.15) is 0 Å². The predicted molar refractivity (Wildman–Crippen MR) is 44.8 cm³/mol. The maximum absolute atomic E-state index is 3.63. The molecule has 1 aromatic carbocycles. The van der Waals surface area contributed by atoms with E-state index in [1.54, 1.807) is 6.08 Å². The second-order valence-corrected chi connectivity index (χ2v) is 2.32. The zero-order valence-corrected chi connectivity index (χ0v) is 6.17. The van der Waals surface area contributed by atoms with E-state index in [4.69, 9.17) is 0 Å². The molecule has 1 aromatic rings. The third kappa shape index (κ3) is 1.73. The van der Waals surface area contributed by atoms with E-state index in [-0.39, 0.29) is 0 Å². The van der Waals surface area contributed by atoms with Crippen LogP contribution in [0.2, 0.25) is 0 Å². The van der Waals surface area contributed by atoms with Gasteiger partial charge in [0.15, 0.2) is 0 Å². The third-order valence-corrected chi connectivity index (χ3v) is 1.35. The Morgan fingerprint density at radius 3 is 2.80 bits per heavy atom. The van der Waals surface area contributed by atoms with Crippen LogP contribution >= 0.6 is 0 Å². The highest BCUT2D eigenvalue weighted by molar-refractivity contribution is 5.30. The van der Waals surface area contributed by atoms with Crippen molar-refractivity contribution in [3.63, 3.8) is 0 Å². The van der Waals surface area contributed by atoms with Gasteiger partial charge in [0.25, 0.3) is 0 Å². The van der Waals surface area contributed by atoms with Crippen LogP contribution in [0.4, 0.5) is 0 Å². The fraction of sp³-hybridized carbons (Fsp3) is 0.100. The van der Waals surface area contributed by atoms with Crippen molar-refractivity contribution in [3.8, 4) is 0 Å². The van der Waals surface area contributed by atoms with E-state index in [0.29, 0.717) is 0 Å². The average Bonchev–Trinajstić information content (AvgIpc) is 1.88. The van der Waals surface area contributed by atoms with Gasteiger partial charge in [0.2, 0.25) is 0 Å². The molecule has 0 nitrogen and oxygen atoms in total. The summed E-state index contributed by atoms with van der Waals surface area (Å²) in [5.74, 6) is 0. The minimum Gasteiger partial charge on any atom is -0.102 e. The SMILES string of the molecule is C=C[CH]c1cccc(C)c1. The quantitative estimate of drug-likeness (QED) is 0.579. The van der Waals surface area contributed by atoms with Crippen LogP contribution in [0.3, 0.4) is 0 Å². The van der Waals surface area contributed by atoms with Crippen LogP contribution in [-0.2, 0) is 0 Å². The number of allylic oxidation sites excluding steroid dienone is 1. The lowest BCUT2D eigenvalue weighted by Crippen LogP contribution is -1.77. The molecule has 0 aromatic heterocycles. The molecule has 0 aliphatic heterocycles. The molecule has 51 valence electrons. The lowest BCUT2D eigenvalue weighted by Gasteiger charge is -1.95. The van der Waals surface area contributed by atoms with Crippen molar-refractivity contribution in [2.75, 3.05) is 0 Å². The van der Waals surface area contributed by atoms with E-state index in [0.717, 1.165) is 0 Å². The first-order valence-corrected chi connectivity index (χ1v) is 3.35. The highest BCUT2D eigenvalue weighted by Gasteiger charge is 1.87. The zero-order valence-electron chi connectivity index (χ0n) is 6.17. The summed E-state index contributed by atoms with van der Waals surface area (Å²) < 4.78 is 0. The van der Waals surface area contributed by atoms with Crippen molar-refractivity contribution in [3.05, 3.63) is 54.5 Å². The van der Waals surface area contributed by atoms with E-state index in [2.05, 4.69) is 31.7 Å². The van der Waals surface area contributed by atoms with Gasteiger partial charge in [0, 0.05) is 6.42 Å². The highest BCUT2D eigenvalue weighted by atomic mass is 13.9. The third-order valence-electron chi connectivity index (χ3n) is 1.35. The molecule has 0 aliphatic rings. The van der Waals surface area contributed by atoms with Crippen LogP contribution in [0, 0.1) is 13.3 Å². The monoisotopic (exact) mass is 131 g/mol. The molecule has 0 N–H and O–H groups in total. The molecule has 0 saturated carbocycles. The Balaban J connectivity index is 2.84. The summed E-state index contributed by atoms with van der Waals surface area (Å²) in [5, 5.41) is 0. The first-order chi connectivity index (χ1) is 4.83. The van der Waals surface area contributed by atoms with Crippen LogP contribution in [0.15, 0.2) is 36.9 Å². The summed E-state index contributed by atoms with van der Waals surface area (Å²) in [7, 11) is 0. The molecule has 1 radical (unpaired) electrons. The molecule has 0 unspecified atom stereocenters. The molecule has 0 amide bonds. The van der Waals surface area contributed by atoms with Crippen molar-refractivity contribution >= 4 is 0 Å². The van der Waals surface area contributed by atoms with E-state index in [1.807, 2.05) is 12.5 Å². The predicted octanol–water partition coefficient (Wildman–Crippen LogP) is 2.73. The minimum absolute atomic E-state index is 1.22. The van der Waals surface area contributed by atoms with Gasteiger partial charge >= 0.3 is 0 Å². The standard InChI is InChI=1S/C10H11/c1-3-5-10-7-4-6-9(2)8-10/h3-8H,1H2,2H3. The number of aryl methyl sites for hydroxylation is 1. The summed E-state index contributed by atoms with van der Waals surface area (Å²) in [5.41, 5.74) is 2.51. The van der Waals surface area contributed by atoms with E-state index in [9.17, 15) is 0 Å². The maximum atomic E-state index is 3.63. The highest BCUT2D eigenvalue weighted by Crippen LogP contribution is 2.05. The van der Waals surface area contributed by atoms with E-state index >= 15 is 0 Å². The average molecular weight is 131 g/mol. The van der Waals surface area contributed by atoms with Crippen molar-refractivity contribution in [1.82, 2.24) is 0 Å². The summed E-state index contributed by atoms with van der Waals surface area (Å²) >= 11 is 0. The second kappa shape index (κ2) is 3.21. The van der Waals surface area contributed by atoms with E-state index < -0.39 is 0 Å². The van der Waals surface area contributed by atoms with Gasteiger partial charge in [0.1, 0.15) is 0 Å². The summed E-state index contributed by atoms with van der Waals surface area (Å²) in [6.07, 6.45) is 3.79. The largest absolute Gasteiger partial charge is 0.102 e. The maximum Gasteiger partial charge on any atom is 0.0119 e. The van der Waals surface area contributed by atoms with E-state index in [1.165, 1.54) is 11.1 Å². The number of benzene rings is 1. The van der Waals surface area contributed by atoms with Gasteiger partial charge in [-0.05, 0) is 12.5 Å². The van der Waals surface area contributed by atoms with Crippen molar-refractivity contribution in [1.29, 1.82) is 0 Å². The van der Waals surface area contributed by atoms with Crippen molar-refractivity contribution in [2.45, 2.75) is 6.92 Å². The van der Waals surface area contributed by atoms with Gasteiger partial charge in [0.05, 0.1) is 0 Å². The smallest absolute Gasteiger partial charge is 0.0119 e. The summed E-state index contributed by atoms with van der Waals surface area (Å²) in [6.45, 7) is 5.71. The number of hydrogen-bond acceptors (Lipinski definition) is 0. The molecule has 0 bridgehead atoms. The Morgan fingerprint density at radius 2 is 2.20 bits per heavy atom. The van der Waals surface area contributed by atoms with Crippen LogP contribution in [0.25, 0.3) is 0 Å². The number of rotatable bonds is 2. The fourth-order valence-corrected chi connectivity index (χ4v) is 0.910. The lowest BCUT2D eigenvalue weighted by atomic mass is 10.1. The Morgan fingerprint density at radius 1 is 1.40 bits per heavy atom. The molecule has 0 atom stereocenters. The molecule has 0 spiro atoms. The van der Waals surface area contributed by atoms with Gasteiger partial charge in [-0.25, -0.2) is 0 Å². The molecule has 0 aliphatic carbocycles. The molecular formula is C10H11. The summed E-state index contributed by atoms with van der Waals surface area (Å²) in [6, 6.07) is 8.32. The van der Waals surface area contributed by atoms with Gasteiger partial charge in [-0.3, -0.25) is 0 Å². The van der Waals surface area contributed by atoms with Crippen LogP contribution in [0.5, 0.6) is 0 Å². The summed E-state index contributed by atoms with van der Waals surface area (Å²) in [4.78, 5) is 0.